The lowest BCUT2D eigenvalue weighted by Gasteiger charge is -2.28. The second kappa shape index (κ2) is 7.84. The van der Waals surface area contributed by atoms with Crippen molar-refractivity contribution >= 4 is 28.6 Å². The number of aromatic nitrogens is 5. The Bertz CT molecular complexity index is 1420. The van der Waals surface area contributed by atoms with Crippen molar-refractivity contribution in [2.75, 3.05) is 12.3 Å². The van der Waals surface area contributed by atoms with Crippen molar-refractivity contribution in [2.24, 2.45) is 11.8 Å². The number of nitrogens with zero attached hydrogens (tertiary/aromatic N) is 5. The molecule has 2 aliphatic rings. The normalized spacial score (nSPS) is 21.4. The zero-order valence-corrected chi connectivity index (χ0v) is 18.8. The van der Waals surface area contributed by atoms with E-state index in [-0.39, 0.29) is 17.5 Å². The third-order valence-electron chi connectivity index (χ3n) is 6.56. The minimum absolute atomic E-state index is 0.00349. The summed E-state index contributed by atoms with van der Waals surface area (Å²) in [6.07, 6.45) is 4.37. The standard InChI is InChI=1S/C24H22N6O2S/c1-14-6-7-20(30-25-8-9-26-30)18(10-14)23(32)29-12-15-11-17(15)21(29)13-33-24-27-19-5-3-2-4-16(19)22(31)28-24/h2-10,15,17,21H,11-13H2,1H3,(H,27,28,31). The van der Waals surface area contributed by atoms with Crippen molar-refractivity contribution < 1.29 is 4.79 Å². The molecule has 0 radical (unpaired) electrons. The van der Waals surface area contributed by atoms with Gasteiger partial charge in [-0.15, -0.1) is 0 Å². The molecule has 1 aliphatic heterocycles. The summed E-state index contributed by atoms with van der Waals surface area (Å²) in [7, 11) is 0. The van der Waals surface area contributed by atoms with Crippen molar-refractivity contribution in [3.63, 3.8) is 0 Å². The molecule has 2 aromatic heterocycles. The van der Waals surface area contributed by atoms with Gasteiger partial charge in [-0.25, -0.2) is 4.98 Å². The lowest BCUT2D eigenvalue weighted by atomic mass is 10.1. The first kappa shape index (κ1) is 20.2. The molecule has 2 fully saturated rings. The number of amides is 1. The number of nitrogens with one attached hydrogen (secondary N) is 1. The van der Waals surface area contributed by atoms with Crippen LogP contribution in [-0.2, 0) is 0 Å². The Hall–Kier alpha value is -3.46. The zero-order valence-electron chi connectivity index (χ0n) is 18.0. The Labute approximate surface area is 194 Å². The van der Waals surface area contributed by atoms with Crippen molar-refractivity contribution in [2.45, 2.75) is 24.5 Å². The fourth-order valence-electron chi connectivity index (χ4n) is 4.81. The number of likely N-dealkylation sites (tertiary alicyclic amines) is 1. The molecule has 33 heavy (non-hydrogen) atoms. The predicted octanol–water partition coefficient (Wildman–Crippen LogP) is 3.07. The SMILES string of the molecule is Cc1ccc(-n2nccn2)c(C(=O)N2CC3CC3C2CSc2nc3ccccc3c(=O)[nH]2)c1. The Morgan fingerprint density at radius 3 is 2.85 bits per heavy atom. The van der Waals surface area contributed by atoms with Crippen LogP contribution >= 0.6 is 11.8 Å². The number of carbonyl (C=O) groups excluding carboxylic acids is 1. The second-order valence-electron chi connectivity index (χ2n) is 8.72. The van der Waals surface area contributed by atoms with Gasteiger partial charge in [0, 0.05) is 18.3 Å². The first-order valence-corrected chi connectivity index (χ1v) is 12.0. The number of H-pyrrole nitrogens is 1. The number of piperidine rings is 1. The number of hydrogen-bond acceptors (Lipinski definition) is 6. The zero-order chi connectivity index (χ0) is 22.5. The highest BCUT2D eigenvalue weighted by molar-refractivity contribution is 7.99. The summed E-state index contributed by atoms with van der Waals surface area (Å²) in [5, 5.41) is 9.63. The molecule has 3 heterocycles. The molecule has 1 saturated carbocycles. The Kier molecular flexibility index (Phi) is 4.79. The van der Waals surface area contributed by atoms with Crippen LogP contribution in [0.15, 0.2) is 64.8 Å². The minimum Gasteiger partial charge on any atom is -0.334 e. The molecule has 8 nitrogen and oxygen atoms in total. The molecule has 2 aromatic carbocycles. The van der Waals surface area contributed by atoms with Gasteiger partial charge in [0.1, 0.15) is 0 Å². The highest BCUT2D eigenvalue weighted by Gasteiger charge is 2.54. The van der Waals surface area contributed by atoms with E-state index in [1.165, 1.54) is 16.6 Å². The lowest BCUT2D eigenvalue weighted by Crippen LogP contribution is -2.40. The Balaban J connectivity index is 1.27. The van der Waals surface area contributed by atoms with E-state index in [1.807, 2.05) is 48.2 Å². The summed E-state index contributed by atoms with van der Waals surface area (Å²) in [6, 6.07) is 13.2. The van der Waals surface area contributed by atoms with Crippen LogP contribution in [0.3, 0.4) is 0 Å². The van der Waals surface area contributed by atoms with Gasteiger partial charge in [-0.2, -0.15) is 15.0 Å². The first-order valence-electron chi connectivity index (χ1n) is 11.0. The number of aromatic amines is 1. The van der Waals surface area contributed by atoms with Gasteiger partial charge < -0.3 is 9.88 Å². The van der Waals surface area contributed by atoms with Crippen LogP contribution in [0.4, 0.5) is 0 Å². The molecule has 9 heteroatoms. The fraction of sp³-hybridized carbons (Fsp3) is 0.292. The van der Waals surface area contributed by atoms with Crippen LogP contribution in [0.5, 0.6) is 0 Å². The van der Waals surface area contributed by atoms with E-state index in [1.54, 1.807) is 18.5 Å². The van der Waals surface area contributed by atoms with Gasteiger partial charge >= 0.3 is 0 Å². The molecular formula is C24H22N6O2S. The number of para-hydroxylation sites is 1. The quantitative estimate of drug-likeness (QED) is 0.365. The molecule has 3 atom stereocenters. The van der Waals surface area contributed by atoms with Crippen molar-refractivity contribution in [1.29, 1.82) is 0 Å². The molecule has 0 bridgehead atoms. The molecule has 1 saturated heterocycles. The molecule has 6 rings (SSSR count). The number of rotatable bonds is 5. The van der Waals surface area contributed by atoms with E-state index in [4.69, 9.17) is 0 Å². The van der Waals surface area contributed by atoms with Crippen LogP contribution in [0.25, 0.3) is 16.6 Å². The van der Waals surface area contributed by atoms with E-state index < -0.39 is 0 Å². The predicted molar refractivity (Wildman–Crippen MR) is 126 cm³/mol. The summed E-state index contributed by atoms with van der Waals surface area (Å²) >= 11 is 1.51. The second-order valence-corrected chi connectivity index (χ2v) is 9.73. The average Bonchev–Trinajstić information content (AvgIpc) is 3.21. The molecule has 1 N–H and O–H groups in total. The van der Waals surface area contributed by atoms with E-state index in [2.05, 4.69) is 20.2 Å². The molecule has 1 aliphatic carbocycles. The number of hydrogen-bond donors (Lipinski definition) is 1. The molecule has 4 aromatic rings. The van der Waals surface area contributed by atoms with Crippen molar-refractivity contribution in [3.8, 4) is 5.69 Å². The van der Waals surface area contributed by atoms with Crippen molar-refractivity contribution in [1.82, 2.24) is 29.9 Å². The van der Waals surface area contributed by atoms with Gasteiger partial charge in [0.25, 0.3) is 11.5 Å². The number of aryl methyl sites for hydroxylation is 1. The number of benzene rings is 2. The summed E-state index contributed by atoms with van der Waals surface area (Å²) in [4.78, 5) is 37.1. The van der Waals surface area contributed by atoms with Gasteiger partial charge in [0.15, 0.2) is 5.16 Å². The van der Waals surface area contributed by atoms with Crippen LogP contribution in [0, 0.1) is 18.8 Å². The highest BCUT2D eigenvalue weighted by atomic mass is 32.2. The van der Waals surface area contributed by atoms with Crippen LogP contribution in [0.2, 0.25) is 0 Å². The maximum Gasteiger partial charge on any atom is 0.259 e. The molecule has 3 unspecified atom stereocenters. The lowest BCUT2D eigenvalue weighted by molar-refractivity contribution is 0.0722. The largest absolute Gasteiger partial charge is 0.334 e. The van der Waals surface area contributed by atoms with Crippen molar-refractivity contribution in [3.05, 3.63) is 76.3 Å². The van der Waals surface area contributed by atoms with E-state index in [9.17, 15) is 9.59 Å². The smallest absolute Gasteiger partial charge is 0.259 e. The summed E-state index contributed by atoms with van der Waals surface area (Å²) < 4.78 is 0. The average molecular weight is 459 g/mol. The molecule has 0 spiro atoms. The van der Waals surface area contributed by atoms with Gasteiger partial charge in [0.2, 0.25) is 0 Å². The summed E-state index contributed by atoms with van der Waals surface area (Å²) in [5.41, 5.74) is 2.86. The van der Waals surface area contributed by atoms with Gasteiger partial charge in [0.05, 0.1) is 34.5 Å². The monoisotopic (exact) mass is 458 g/mol. The summed E-state index contributed by atoms with van der Waals surface area (Å²) in [6.45, 7) is 2.74. The van der Waals surface area contributed by atoms with Crippen LogP contribution < -0.4 is 5.56 Å². The van der Waals surface area contributed by atoms with Gasteiger partial charge in [-0.3, -0.25) is 9.59 Å². The van der Waals surface area contributed by atoms with Gasteiger partial charge in [-0.05, 0) is 49.4 Å². The fourth-order valence-corrected chi connectivity index (χ4v) is 5.89. The molecular weight excluding hydrogens is 436 g/mol. The van der Waals surface area contributed by atoms with Crippen LogP contribution in [0.1, 0.15) is 22.3 Å². The number of thioether (sulfide) groups is 1. The molecule has 1 amide bonds. The third kappa shape index (κ3) is 3.62. The molecule has 166 valence electrons. The minimum atomic E-state index is -0.136. The number of fused-ring (bicyclic) bond motifs is 2. The maximum absolute atomic E-state index is 13.7. The number of carbonyl (C=O) groups is 1. The third-order valence-corrected chi connectivity index (χ3v) is 7.54. The highest BCUT2D eigenvalue weighted by Crippen LogP contribution is 2.51. The topological polar surface area (TPSA) is 96.8 Å². The maximum atomic E-state index is 13.7. The Morgan fingerprint density at radius 1 is 1.18 bits per heavy atom. The Morgan fingerprint density at radius 2 is 2.00 bits per heavy atom. The van der Waals surface area contributed by atoms with E-state index in [0.717, 1.165) is 18.5 Å². The van der Waals surface area contributed by atoms with E-state index in [0.29, 0.717) is 44.9 Å². The summed E-state index contributed by atoms with van der Waals surface area (Å²) in [5.74, 6) is 1.75. The first-order chi connectivity index (χ1) is 16.1. The van der Waals surface area contributed by atoms with E-state index >= 15 is 0 Å². The van der Waals surface area contributed by atoms with Crippen LogP contribution in [-0.4, -0.2) is 54.1 Å². The van der Waals surface area contributed by atoms with Gasteiger partial charge in [-0.1, -0.05) is 35.5 Å².